The Kier molecular flexibility index (Phi) is 3.26. The molecule has 0 bridgehead atoms. The Labute approximate surface area is 56.8 Å². The van der Waals surface area contributed by atoms with Gasteiger partial charge in [-0.25, -0.2) is 4.79 Å². The van der Waals surface area contributed by atoms with Crippen molar-refractivity contribution in [2.45, 2.75) is 27.7 Å². The number of allylic oxidation sites excluding steroid dienone is 1. The molecule has 0 amide bonds. The van der Waals surface area contributed by atoms with Gasteiger partial charge in [0.15, 0.2) is 0 Å². The van der Waals surface area contributed by atoms with E-state index in [-0.39, 0.29) is 0 Å². The molecule has 0 aliphatic carbocycles. The molecule has 0 saturated carbocycles. The number of rotatable bonds is 2. The maximum atomic E-state index is 10.2. The molecule has 0 fully saturated rings. The zero-order valence-electron chi connectivity index (χ0n) is 6.56. The van der Waals surface area contributed by atoms with Crippen LogP contribution >= 0.6 is 0 Å². The lowest BCUT2D eigenvalue weighted by Crippen LogP contribution is -2.02. The molecule has 0 saturated heterocycles. The summed E-state index contributed by atoms with van der Waals surface area (Å²) in [5, 5.41) is 0. The van der Waals surface area contributed by atoms with Crippen molar-refractivity contribution in [2.75, 3.05) is 0 Å². The van der Waals surface area contributed by atoms with Crippen LogP contribution in [0.15, 0.2) is 5.57 Å². The van der Waals surface area contributed by atoms with Gasteiger partial charge in [0.1, 0.15) is 5.94 Å². The lowest BCUT2D eigenvalue weighted by atomic mass is 9.94. The Morgan fingerprint density at radius 1 is 1.11 bits per heavy atom. The first-order chi connectivity index (χ1) is 4.09. The van der Waals surface area contributed by atoms with Crippen molar-refractivity contribution in [1.29, 1.82) is 0 Å². The second-order valence-corrected chi connectivity index (χ2v) is 2.87. The third-order valence-corrected chi connectivity index (χ3v) is 1.36. The van der Waals surface area contributed by atoms with Crippen LogP contribution in [0.4, 0.5) is 0 Å². The molecule has 1 heteroatoms. The highest BCUT2D eigenvalue weighted by Crippen LogP contribution is 2.14. The van der Waals surface area contributed by atoms with Gasteiger partial charge in [-0.3, -0.25) is 0 Å². The maximum Gasteiger partial charge on any atom is 0.124 e. The van der Waals surface area contributed by atoms with Crippen molar-refractivity contribution in [1.82, 2.24) is 0 Å². The van der Waals surface area contributed by atoms with Gasteiger partial charge in [0, 0.05) is 5.57 Å². The van der Waals surface area contributed by atoms with Gasteiger partial charge in [-0.05, 0) is 11.8 Å². The first-order valence-corrected chi connectivity index (χ1v) is 3.34. The maximum absolute atomic E-state index is 10.2. The quantitative estimate of drug-likeness (QED) is 0.517. The summed E-state index contributed by atoms with van der Waals surface area (Å²) in [5.74, 6) is 2.67. The smallest absolute Gasteiger partial charge is 0.124 e. The van der Waals surface area contributed by atoms with Crippen LogP contribution in [0.3, 0.4) is 0 Å². The summed E-state index contributed by atoms with van der Waals surface area (Å²) in [5.41, 5.74) is 0.884. The standard InChI is InChI=1S/C8H14O/c1-6(2)8(5-9)7(3)4/h6-7H,1-4H3. The van der Waals surface area contributed by atoms with Gasteiger partial charge < -0.3 is 0 Å². The summed E-state index contributed by atoms with van der Waals surface area (Å²) >= 11 is 0. The molecule has 0 aromatic rings. The molecule has 0 aromatic heterocycles. The molecule has 1 nitrogen and oxygen atoms in total. The molecule has 0 spiro atoms. The molecular weight excluding hydrogens is 112 g/mol. The highest BCUT2D eigenvalue weighted by Gasteiger charge is 2.07. The minimum absolute atomic E-state index is 0.350. The summed E-state index contributed by atoms with van der Waals surface area (Å²) in [6, 6.07) is 0. The third-order valence-electron chi connectivity index (χ3n) is 1.36. The monoisotopic (exact) mass is 126 g/mol. The Morgan fingerprint density at radius 2 is 1.44 bits per heavy atom. The zero-order valence-corrected chi connectivity index (χ0v) is 6.56. The van der Waals surface area contributed by atoms with Gasteiger partial charge in [0.2, 0.25) is 0 Å². The second kappa shape index (κ2) is 3.47. The molecule has 9 heavy (non-hydrogen) atoms. The van der Waals surface area contributed by atoms with E-state index in [0.29, 0.717) is 11.8 Å². The first-order valence-electron chi connectivity index (χ1n) is 3.34. The van der Waals surface area contributed by atoms with Crippen LogP contribution in [0, 0.1) is 11.8 Å². The number of hydrogen-bond acceptors (Lipinski definition) is 1. The lowest BCUT2D eigenvalue weighted by Gasteiger charge is -2.08. The molecule has 0 atom stereocenters. The zero-order chi connectivity index (χ0) is 7.44. The van der Waals surface area contributed by atoms with E-state index in [4.69, 9.17) is 0 Å². The van der Waals surface area contributed by atoms with Crippen LogP contribution in [-0.4, -0.2) is 5.94 Å². The Hall–Kier alpha value is -0.550. The van der Waals surface area contributed by atoms with Gasteiger partial charge in [0.25, 0.3) is 0 Å². The average Bonchev–Trinajstić information content (AvgIpc) is 1.64. The fourth-order valence-corrected chi connectivity index (χ4v) is 0.902. The predicted molar refractivity (Wildman–Crippen MR) is 38.9 cm³/mol. The van der Waals surface area contributed by atoms with Crippen molar-refractivity contribution in [3.63, 3.8) is 0 Å². The number of hydrogen-bond donors (Lipinski definition) is 0. The summed E-state index contributed by atoms with van der Waals surface area (Å²) < 4.78 is 0. The molecule has 0 aromatic carbocycles. The van der Waals surface area contributed by atoms with Crippen LogP contribution in [0.2, 0.25) is 0 Å². The third kappa shape index (κ3) is 2.48. The fraction of sp³-hybridized carbons (Fsp3) is 0.750. The molecule has 0 N–H and O–H groups in total. The van der Waals surface area contributed by atoms with Crippen molar-refractivity contribution in [2.24, 2.45) is 11.8 Å². The van der Waals surface area contributed by atoms with Crippen LogP contribution in [0.25, 0.3) is 0 Å². The molecule has 0 unspecified atom stereocenters. The summed E-state index contributed by atoms with van der Waals surface area (Å²) in [6.45, 7) is 8.06. The largest absolute Gasteiger partial charge is 0.234 e. The van der Waals surface area contributed by atoms with Crippen LogP contribution in [0.5, 0.6) is 0 Å². The second-order valence-electron chi connectivity index (χ2n) is 2.87. The van der Waals surface area contributed by atoms with Crippen molar-refractivity contribution >= 4 is 5.94 Å². The van der Waals surface area contributed by atoms with Gasteiger partial charge in [-0.1, -0.05) is 27.7 Å². The van der Waals surface area contributed by atoms with E-state index in [2.05, 4.69) is 0 Å². The molecule has 0 aliphatic rings. The van der Waals surface area contributed by atoms with Crippen molar-refractivity contribution in [3.05, 3.63) is 5.57 Å². The van der Waals surface area contributed by atoms with E-state index in [1.54, 1.807) is 0 Å². The Bertz CT molecular complexity index is 118. The fourth-order valence-electron chi connectivity index (χ4n) is 0.902. The van der Waals surface area contributed by atoms with Crippen LogP contribution in [0.1, 0.15) is 27.7 Å². The van der Waals surface area contributed by atoms with Gasteiger partial charge in [-0.2, -0.15) is 0 Å². The van der Waals surface area contributed by atoms with E-state index in [1.165, 1.54) is 0 Å². The van der Waals surface area contributed by atoms with Gasteiger partial charge in [0.05, 0.1) is 0 Å². The predicted octanol–water partition coefficient (Wildman–Crippen LogP) is 2.06. The first kappa shape index (κ1) is 8.45. The minimum atomic E-state index is 0.350. The van der Waals surface area contributed by atoms with E-state index in [9.17, 15) is 4.79 Å². The van der Waals surface area contributed by atoms with E-state index < -0.39 is 0 Å². The molecular formula is C8H14O. The summed E-state index contributed by atoms with van der Waals surface area (Å²) in [7, 11) is 0. The van der Waals surface area contributed by atoms with E-state index in [1.807, 2.05) is 33.6 Å². The molecule has 52 valence electrons. The number of carbonyl (C=O) groups excluding carboxylic acids is 1. The van der Waals surface area contributed by atoms with Gasteiger partial charge in [-0.15, -0.1) is 0 Å². The lowest BCUT2D eigenvalue weighted by molar-refractivity contribution is 0.551. The Morgan fingerprint density at radius 3 is 1.44 bits per heavy atom. The topological polar surface area (TPSA) is 17.1 Å². The normalized spacial score (nSPS) is 10.0. The molecule has 0 heterocycles. The van der Waals surface area contributed by atoms with Gasteiger partial charge >= 0.3 is 0 Å². The van der Waals surface area contributed by atoms with E-state index >= 15 is 0 Å². The van der Waals surface area contributed by atoms with Crippen LogP contribution in [-0.2, 0) is 4.79 Å². The van der Waals surface area contributed by atoms with Crippen molar-refractivity contribution < 1.29 is 4.79 Å². The highest BCUT2D eigenvalue weighted by molar-refractivity contribution is 5.53. The summed E-state index contributed by atoms with van der Waals surface area (Å²) in [4.78, 5) is 10.2. The minimum Gasteiger partial charge on any atom is -0.234 e. The van der Waals surface area contributed by atoms with E-state index in [0.717, 1.165) is 5.57 Å². The average molecular weight is 126 g/mol. The molecule has 0 rings (SSSR count). The van der Waals surface area contributed by atoms with Crippen LogP contribution < -0.4 is 0 Å². The van der Waals surface area contributed by atoms with Crippen molar-refractivity contribution in [3.8, 4) is 0 Å². The molecule has 0 aliphatic heterocycles. The SMILES string of the molecule is CC(C)C(=C=O)C(C)C. The molecule has 0 radical (unpaired) electrons. The summed E-state index contributed by atoms with van der Waals surface area (Å²) in [6.07, 6.45) is 0. The Balaban J connectivity index is 4.19. The highest BCUT2D eigenvalue weighted by atomic mass is 16.1.